The Morgan fingerprint density at radius 2 is 1.24 bits per heavy atom. The van der Waals surface area contributed by atoms with E-state index in [4.69, 9.17) is 13.5 Å². The molecule has 5 heteroatoms. The molecule has 0 N–H and O–H groups in total. The van der Waals surface area contributed by atoms with Crippen molar-refractivity contribution in [2.75, 3.05) is 0 Å². The Bertz CT molecular complexity index is 678. The normalized spacial score (nSPS) is 11.0. The molecule has 0 aliphatic carbocycles. The van der Waals surface area contributed by atoms with Gasteiger partial charge in [-0.25, -0.2) is 4.57 Å². The maximum absolute atomic E-state index is 13.1. The van der Waals surface area contributed by atoms with Crippen LogP contribution in [0.15, 0.2) is 83.5 Å². The van der Waals surface area contributed by atoms with E-state index in [0.29, 0.717) is 11.5 Å². The van der Waals surface area contributed by atoms with Gasteiger partial charge in [0.05, 0.1) is 6.26 Å². The number of benzene rings is 2. The van der Waals surface area contributed by atoms with Gasteiger partial charge in [-0.2, -0.15) is 0 Å². The SMILES string of the molecule is O=P(Oc1ccccc1)(Oc1ccccc1)c1ccco1. The molecular weight excluding hydrogens is 287 g/mol. The van der Waals surface area contributed by atoms with Crippen LogP contribution in [0.1, 0.15) is 0 Å². The summed E-state index contributed by atoms with van der Waals surface area (Å²) in [6.45, 7) is 0. The Kier molecular flexibility index (Phi) is 3.80. The number of hydrogen-bond acceptors (Lipinski definition) is 4. The predicted molar refractivity (Wildman–Crippen MR) is 80.1 cm³/mol. The van der Waals surface area contributed by atoms with E-state index >= 15 is 0 Å². The van der Waals surface area contributed by atoms with Gasteiger partial charge in [0.15, 0.2) is 0 Å². The molecule has 1 aromatic heterocycles. The van der Waals surface area contributed by atoms with Gasteiger partial charge in [-0.1, -0.05) is 36.4 Å². The van der Waals surface area contributed by atoms with E-state index in [1.165, 1.54) is 6.26 Å². The van der Waals surface area contributed by atoms with Crippen LogP contribution in [-0.4, -0.2) is 0 Å². The van der Waals surface area contributed by atoms with Gasteiger partial charge in [0, 0.05) is 0 Å². The summed E-state index contributed by atoms with van der Waals surface area (Å²) in [7, 11) is -3.63. The van der Waals surface area contributed by atoms with Crippen LogP contribution in [0, 0.1) is 0 Å². The summed E-state index contributed by atoms with van der Waals surface area (Å²) >= 11 is 0. The zero-order chi connectivity index (χ0) is 14.5. The van der Waals surface area contributed by atoms with E-state index in [-0.39, 0.29) is 5.50 Å². The molecule has 0 spiro atoms. The fourth-order valence-electron chi connectivity index (χ4n) is 1.77. The maximum atomic E-state index is 13.1. The monoisotopic (exact) mass is 300 g/mol. The Morgan fingerprint density at radius 3 is 1.67 bits per heavy atom. The van der Waals surface area contributed by atoms with Crippen LogP contribution in [0.2, 0.25) is 0 Å². The molecule has 2 aromatic carbocycles. The number of hydrogen-bond donors (Lipinski definition) is 0. The number of rotatable bonds is 5. The van der Waals surface area contributed by atoms with Gasteiger partial charge in [-0.05, 0) is 36.4 Å². The van der Waals surface area contributed by atoms with Gasteiger partial charge < -0.3 is 13.5 Å². The van der Waals surface area contributed by atoms with Crippen LogP contribution in [0.3, 0.4) is 0 Å². The summed E-state index contributed by atoms with van der Waals surface area (Å²) in [5.74, 6) is 0.904. The highest BCUT2D eigenvalue weighted by molar-refractivity contribution is 7.62. The zero-order valence-electron chi connectivity index (χ0n) is 11.1. The van der Waals surface area contributed by atoms with Crippen molar-refractivity contribution >= 4 is 13.1 Å². The van der Waals surface area contributed by atoms with Crippen LogP contribution < -0.4 is 14.5 Å². The minimum Gasteiger partial charge on any atom is -0.454 e. The molecule has 0 atom stereocenters. The number of para-hydroxylation sites is 2. The Labute approximate surface area is 122 Å². The lowest BCUT2D eigenvalue weighted by Gasteiger charge is -2.17. The second kappa shape index (κ2) is 5.90. The average molecular weight is 300 g/mol. The first-order valence-corrected chi connectivity index (χ1v) is 7.94. The van der Waals surface area contributed by atoms with Crippen LogP contribution in [0.25, 0.3) is 0 Å². The lowest BCUT2D eigenvalue weighted by atomic mass is 10.3. The highest BCUT2D eigenvalue weighted by Gasteiger charge is 2.34. The molecule has 3 aromatic rings. The lowest BCUT2D eigenvalue weighted by molar-refractivity contribution is 0.388. The predicted octanol–water partition coefficient (Wildman–Crippen LogP) is 4.26. The lowest BCUT2D eigenvalue weighted by Crippen LogP contribution is -2.12. The van der Waals surface area contributed by atoms with Crippen molar-refractivity contribution < 1.29 is 18.0 Å². The summed E-state index contributed by atoms with van der Waals surface area (Å²) in [4.78, 5) is 0. The van der Waals surface area contributed by atoms with Crippen LogP contribution in [-0.2, 0) is 4.57 Å². The van der Waals surface area contributed by atoms with Gasteiger partial charge >= 0.3 is 7.60 Å². The second-order valence-electron chi connectivity index (χ2n) is 4.26. The summed E-state index contributed by atoms with van der Waals surface area (Å²) < 4.78 is 29.5. The molecule has 0 fully saturated rings. The Morgan fingerprint density at radius 1 is 0.714 bits per heavy atom. The fraction of sp³-hybridized carbons (Fsp3) is 0. The molecule has 1 heterocycles. The molecule has 0 radical (unpaired) electrons. The third-order valence-corrected chi connectivity index (χ3v) is 4.41. The molecular formula is C16H13O4P. The molecule has 3 rings (SSSR count). The summed E-state index contributed by atoms with van der Waals surface area (Å²) in [5, 5.41) is 0. The first-order chi connectivity index (χ1) is 10.3. The van der Waals surface area contributed by atoms with E-state index < -0.39 is 7.60 Å². The molecule has 106 valence electrons. The molecule has 21 heavy (non-hydrogen) atoms. The summed E-state index contributed by atoms with van der Waals surface area (Å²) in [6, 6.07) is 21.0. The van der Waals surface area contributed by atoms with E-state index in [9.17, 15) is 4.57 Å². The molecule has 0 amide bonds. The van der Waals surface area contributed by atoms with Gasteiger partial charge in [0.1, 0.15) is 11.5 Å². The largest absolute Gasteiger partial charge is 0.497 e. The van der Waals surface area contributed by atoms with E-state index in [0.717, 1.165) is 0 Å². The van der Waals surface area contributed by atoms with Gasteiger partial charge in [0.2, 0.25) is 5.50 Å². The quantitative estimate of drug-likeness (QED) is 0.661. The van der Waals surface area contributed by atoms with Crippen LogP contribution in [0.5, 0.6) is 11.5 Å². The highest BCUT2D eigenvalue weighted by atomic mass is 31.2. The van der Waals surface area contributed by atoms with Crippen molar-refractivity contribution in [2.45, 2.75) is 0 Å². The fourth-order valence-corrected chi connectivity index (χ4v) is 3.25. The second-order valence-corrected chi connectivity index (χ2v) is 6.06. The first kappa shape index (κ1) is 13.5. The van der Waals surface area contributed by atoms with Gasteiger partial charge in [-0.3, -0.25) is 0 Å². The highest BCUT2D eigenvalue weighted by Crippen LogP contribution is 2.47. The van der Waals surface area contributed by atoms with Crippen molar-refractivity contribution in [1.82, 2.24) is 0 Å². The van der Waals surface area contributed by atoms with E-state index in [1.54, 1.807) is 60.7 Å². The zero-order valence-corrected chi connectivity index (χ0v) is 12.0. The van der Waals surface area contributed by atoms with Crippen LogP contribution in [0.4, 0.5) is 0 Å². The third-order valence-electron chi connectivity index (χ3n) is 2.71. The summed E-state index contributed by atoms with van der Waals surface area (Å²) in [6.07, 6.45) is 1.44. The molecule has 0 aliphatic rings. The van der Waals surface area contributed by atoms with E-state index in [1.807, 2.05) is 12.1 Å². The molecule has 0 bridgehead atoms. The number of furan rings is 1. The van der Waals surface area contributed by atoms with Crippen molar-refractivity contribution in [3.05, 3.63) is 79.1 Å². The molecule has 0 unspecified atom stereocenters. The van der Waals surface area contributed by atoms with Crippen molar-refractivity contribution in [2.24, 2.45) is 0 Å². The molecule has 4 nitrogen and oxygen atoms in total. The smallest absolute Gasteiger partial charge is 0.454 e. The average Bonchev–Trinajstić information content (AvgIpc) is 3.04. The third kappa shape index (κ3) is 3.18. The minimum absolute atomic E-state index is 0.162. The van der Waals surface area contributed by atoms with E-state index in [2.05, 4.69) is 0 Å². The minimum atomic E-state index is -3.63. The standard InChI is InChI=1S/C16H13O4P/c17-21(16-12-7-13-18-16,19-14-8-3-1-4-9-14)20-15-10-5-2-6-11-15/h1-13H. The molecule has 0 saturated carbocycles. The first-order valence-electron chi connectivity index (χ1n) is 6.40. The van der Waals surface area contributed by atoms with Crippen molar-refractivity contribution in [3.63, 3.8) is 0 Å². The van der Waals surface area contributed by atoms with Gasteiger partial charge in [0.25, 0.3) is 0 Å². The molecule has 0 saturated heterocycles. The Hall–Kier alpha value is -2.45. The topological polar surface area (TPSA) is 48.7 Å². The van der Waals surface area contributed by atoms with Crippen molar-refractivity contribution in [1.29, 1.82) is 0 Å². The Balaban J connectivity index is 1.94. The van der Waals surface area contributed by atoms with Crippen LogP contribution >= 0.6 is 7.60 Å². The summed E-state index contributed by atoms with van der Waals surface area (Å²) in [5.41, 5.74) is 0.162. The van der Waals surface area contributed by atoms with Gasteiger partial charge in [-0.15, -0.1) is 0 Å². The molecule has 0 aliphatic heterocycles. The van der Waals surface area contributed by atoms with Crippen molar-refractivity contribution in [3.8, 4) is 11.5 Å². The maximum Gasteiger partial charge on any atom is 0.497 e.